The highest BCUT2D eigenvalue weighted by Crippen LogP contribution is 2.18. The lowest BCUT2D eigenvalue weighted by Crippen LogP contribution is -1.95. The molecule has 2 aromatic carbocycles. The first kappa shape index (κ1) is 11.5. The van der Waals surface area contributed by atoms with Gasteiger partial charge in [0.2, 0.25) is 0 Å². The van der Waals surface area contributed by atoms with Crippen molar-refractivity contribution in [2.45, 2.75) is 6.61 Å². The van der Waals surface area contributed by atoms with E-state index < -0.39 is 0 Å². The fourth-order valence-electron chi connectivity index (χ4n) is 1.49. The fraction of sp³-hybridized carbons (Fsp3) is 0.133. The van der Waals surface area contributed by atoms with Crippen LogP contribution in [0.1, 0.15) is 5.56 Å². The third-order valence-electron chi connectivity index (χ3n) is 2.34. The monoisotopic (exact) mass is 227 g/mol. The van der Waals surface area contributed by atoms with Gasteiger partial charge in [-0.15, -0.1) is 0 Å². The second-order valence-corrected chi connectivity index (χ2v) is 3.59. The highest BCUT2D eigenvalue weighted by atomic mass is 16.5. The normalized spacial score (nSPS) is 9.94. The molecule has 1 radical (unpaired) electrons. The van der Waals surface area contributed by atoms with Crippen molar-refractivity contribution in [1.82, 2.24) is 0 Å². The lowest BCUT2D eigenvalue weighted by Gasteiger charge is -2.07. The van der Waals surface area contributed by atoms with Crippen molar-refractivity contribution in [3.63, 3.8) is 0 Å². The smallest absolute Gasteiger partial charge is 0.120 e. The molecule has 2 heteroatoms. The summed E-state index contributed by atoms with van der Waals surface area (Å²) in [5.74, 6) is 1.65. The maximum atomic E-state index is 5.65. The van der Waals surface area contributed by atoms with Gasteiger partial charge >= 0.3 is 0 Å². The molecular weight excluding hydrogens is 212 g/mol. The molecule has 0 unspecified atom stereocenters. The van der Waals surface area contributed by atoms with Gasteiger partial charge in [-0.05, 0) is 36.8 Å². The Balaban J connectivity index is 1.91. The molecule has 2 rings (SSSR count). The van der Waals surface area contributed by atoms with Crippen molar-refractivity contribution in [3.8, 4) is 11.5 Å². The molecular formula is C15H15O2. The van der Waals surface area contributed by atoms with Crippen LogP contribution in [0.2, 0.25) is 0 Å². The van der Waals surface area contributed by atoms with Gasteiger partial charge in [0.05, 0.1) is 6.61 Å². The van der Waals surface area contributed by atoms with Crippen LogP contribution in [0, 0.1) is 6.92 Å². The van der Waals surface area contributed by atoms with E-state index in [9.17, 15) is 0 Å². The van der Waals surface area contributed by atoms with Crippen molar-refractivity contribution in [3.05, 3.63) is 67.1 Å². The van der Waals surface area contributed by atoms with E-state index in [2.05, 4.69) is 6.92 Å². The molecule has 0 fully saturated rings. The summed E-state index contributed by atoms with van der Waals surface area (Å²) in [4.78, 5) is 0. The molecule has 0 saturated carbocycles. The average molecular weight is 227 g/mol. The molecule has 0 amide bonds. The third-order valence-corrected chi connectivity index (χ3v) is 2.34. The molecule has 0 atom stereocenters. The predicted molar refractivity (Wildman–Crippen MR) is 68.1 cm³/mol. The summed E-state index contributed by atoms with van der Waals surface area (Å²) >= 11 is 0. The number of hydrogen-bond donors (Lipinski definition) is 0. The zero-order valence-electron chi connectivity index (χ0n) is 9.63. The predicted octanol–water partition coefficient (Wildman–Crippen LogP) is 3.48. The highest BCUT2D eigenvalue weighted by molar-refractivity contribution is 5.31. The van der Waals surface area contributed by atoms with Gasteiger partial charge in [0, 0.05) is 0 Å². The summed E-state index contributed by atoms with van der Waals surface area (Å²) in [6.45, 7) is 4.64. The van der Waals surface area contributed by atoms with Crippen molar-refractivity contribution in [2.24, 2.45) is 0 Å². The second kappa shape index (κ2) is 5.94. The van der Waals surface area contributed by atoms with Gasteiger partial charge in [0.1, 0.15) is 18.1 Å². The summed E-state index contributed by atoms with van der Waals surface area (Å²) in [7, 11) is 0. The summed E-state index contributed by atoms with van der Waals surface area (Å²) in [5.41, 5.74) is 1.16. The molecule has 2 nitrogen and oxygen atoms in total. The molecule has 0 aliphatic heterocycles. The number of rotatable bonds is 5. The summed E-state index contributed by atoms with van der Waals surface area (Å²) in [6.07, 6.45) is 0. The van der Waals surface area contributed by atoms with Crippen LogP contribution in [-0.2, 0) is 6.61 Å². The summed E-state index contributed by atoms with van der Waals surface area (Å²) < 4.78 is 10.9. The van der Waals surface area contributed by atoms with Gasteiger partial charge in [0.25, 0.3) is 0 Å². The zero-order valence-corrected chi connectivity index (χ0v) is 9.63. The van der Waals surface area contributed by atoms with Gasteiger partial charge < -0.3 is 9.47 Å². The Bertz CT molecular complexity index is 434. The second-order valence-electron chi connectivity index (χ2n) is 3.59. The van der Waals surface area contributed by atoms with E-state index in [1.807, 2.05) is 54.6 Å². The number of hydrogen-bond acceptors (Lipinski definition) is 2. The van der Waals surface area contributed by atoms with E-state index in [-0.39, 0.29) is 0 Å². The highest BCUT2D eigenvalue weighted by Gasteiger charge is 1.96. The molecule has 0 bridgehead atoms. The molecule has 0 saturated heterocycles. The molecule has 0 spiro atoms. The van der Waals surface area contributed by atoms with E-state index in [0.29, 0.717) is 13.2 Å². The summed E-state index contributed by atoms with van der Waals surface area (Å²) in [6, 6.07) is 17.6. The van der Waals surface area contributed by atoms with Gasteiger partial charge in [0.15, 0.2) is 0 Å². The minimum Gasteiger partial charge on any atom is -0.494 e. The van der Waals surface area contributed by atoms with Gasteiger partial charge in [-0.3, -0.25) is 0 Å². The van der Waals surface area contributed by atoms with Crippen LogP contribution in [0.5, 0.6) is 11.5 Å². The zero-order chi connectivity index (χ0) is 11.9. The molecule has 0 aliphatic carbocycles. The van der Waals surface area contributed by atoms with Gasteiger partial charge in [-0.25, -0.2) is 0 Å². The van der Waals surface area contributed by atoms with E-state index in [4.69, 9.17) is 9.47 Å². The van der Waals surface area contributed by atoms with Crippen LogP contribution >= 0.6 is 0 Å². The number of ether oxygens (including phenoxy) is 2. The van der Waals surface area contributed by atoms with Crippen LogP contribution in [0.3, 0.4) is 0 Å². The maximum absolute atomic E-state index is 5.65. The van der Waals surface area contributed by atoms with Crippen molar-refractivity contribution >= 4 is 0 Å². The minimum atomic E-state index is 0.435. The van der Waals surface area contributed by atoms with Crippen LogP contribution in [0.15, 0.2) is 54.6 Å². The maximum Gasteiger partial charge on any atom is 0.120 e. The Hall–Kier alpha value is -1.96. The first-order valence-electron chi connectivity index (χ1n) is 5.57. The molecule has 17 heavy (non-hydrogen) atoms. The average Bonchev–Trinajstić information content (AvgIpc) is 2.40. The van der Waals surface area contributed by atoms with Crippen molar-refractivity contribution < 1.29 is 9.47 Å². The molecule has 2 aromatic rings. The molecule has 0 aliphatic rings. The largest absolute Gasteiger partial charge is 0.494 e. The molecule has 87 valence electrons. The topological polar surface area (TPSA) is 18.5 Å². The Kier molecular flexibility index (Phi) is 4.03. The Morgan fingerprint density at radius 2 is 1.35 bits per heavy atom. The van der Waals surface area contributed by atoms with Crippen LogP contribution in [-0.4, -0.2) is 6.61 Å². The fourth-order valence-corrected chi connectivity index (χ4v) is 1.49. The van der Waals surface area contributed by atoms with Crippen LogP contribution in [0.25, 0.3) is 0 Å². The third kappa shape index (κ3) is 3.52. The Labute approximate surface area is 102 Å². The first-order chi connectivity index (χ1) is 8.38. The lowest BCUT2D eigenvalue weighted by atomic mass is 10.2. The van der Waals surface area contributed by atoms with Crippen LogP contribution in [0.4, 0.5) is 0 Å². The lowest BCUT2D eigenvalue weighted by molar-refractivity contribution is 0.305. The SMILES string of the molecule is [CH2]COc1ccc(OCc2ccccc2)cc1. The van der Waals surface area contributed by atoms with Gasteiger partial charge in [-0.2, -0.15) is 0 Å². The van der Waals surface area contributed by atoms with E-state index >= 15 is 0 Å². The Morgan fingerprint density at radius 1 is 0.765 bits per heavy atom. The summed E-state index contributed by atoms with van der Waals surface area (Å²) in [5, 5.41) is 0. The first-order valence-corrected chi connectivity index (χ1v) is 5.57. The Morgan fingerprint density at radius 3 is 1.94 bits per heavy atom. The van der Waals surface area contributed by atoms with Gasteiger partial charge in [-0.1, -0.05) is 30.3 Å². The van der Waals surface area contributed by atoms with Crippen molar-refractivity contribution in [1.29, 1.82) is 0 Å². The number of benzene rings is 2. The van der Waals surface area contributed by atoms with E-state index in [1.54, 1.807) is 0 Å². The van der Waals surface area contributed by atoms with Crippen LogP contribution < -0.4 is 9.47 Å². The van der Waals surface area contributed by atoms with E-state index in [1.165, 1.54) is 0 Å². The minimum absolute atomic E-state index is 0.435. The van der Waals surface area contributed by atoms with E-state index in [0.717, 1.165) is 17.1 Å². The standard InChI is InChI=1S/C15H15O2/c1-2-16-14-8-10-15(11-9-14)17-12-13-6-4-3-5-7-13/h3-11H,1-2,12H2. The quantitative estimate of drug-likeness (QED) is 0.778. The molecule has 0 heterocycles. The molecule has 0 aromatic heterocycles. The molecule has 0 N–H and O–H groups in total. The van der Waals surface area contributed by atoms with Crippen molar-refractivity contribution in [2.75, 3.05) is 6.61 Å².